The molecule has 0 spiro atoms. The molecule has 2 aliphatic heterocycles. The minimum Gasteiger partial charge on any atom is -0.466 e. The Hall–Kier alpha value is -1.83. The summed E-state index contributed by atoms with van der Waals surface area (Å²) in [5, 5.41) is 0. The van der Waals surface area contributed by atoms with Gasteiger partial charge in [0.15, 0.2) is 0 Å². The Labute approximate surface area is 142 Å². The van der Waals surface area contributed by atoms with Crippen LogP contribution in [0.5, 0.6) is 0 Å². The van der Waals surface area contributed by atoms with Crippen molar-refractivity contribution in [2.45, 2.75) is 33.1 Å². The van der Waals surface area contributed by atoms with Crippen LogP contribution in [-0.4, -0.2) is 74.0 Å². The number of hydrogen-bond acceptors (Lipinski definition) is 7. The van der Waals surface area contributed by atoms with Crippen LogP contribution in [0.15, 0.2) is 0 Å². The normalized spacial score (nSPS) is 20.6. The Balaban J connectivity index is 1.96. The molecule has 0 N–H and O–H groups in total. The lowest BCUT2D eigenvalue weighted by Gasteiger charge is -2.40. The number of esters is 2. The maximum absolute atomic E-state index is 12.4. The lowest BCUT2D eigenvalue weighted by Crippen LogP contribution is -2.49. The average Bonchev–Trinajstić information content (AvgIpc) is 2.95. The first kappa shape index (κ1) is 18.5. The Morgan fingerprint density at radius 2 is 1.79 bits per heavy atom. The van der Waals surface area contributed by atoms with Crippen molar-refractivity contribution in [1.29, 1.82) is 0 Å². The van der Waals surface area contributed by atoms with E-state index < -0.39 is 5.41 Å². The summed E-state index contributed by atoms with van der Waals surface area (Å²) in [5.74, 6) is -0.708. The second kappa shape index (κ2) is 8.32. The van der Waals surface area contributed by atoms with Crippen LogP contribution in [0.4, 0.5) is 4.79 Å². The molecule has 2 rings (SSSR count). The van der Waals surface area contributed by atoms with Crippen molar-refractivity contribution >= 4 is 18.0 Å². The van der Waals surface area contributed by atoms with E-state index in [0.717, 1.165) is 0 Å². The molecule has 0 saturated carbocycles. The van der Waals surface area contributed by atoms with Gasteiger partial charge in [-0.15, -0.1) is 0 Å². The van der Waals surface area contributed by atoms with Gasteiger partial charge >= 0.3 is 18.0 Å². The zero-order chi connectivity index (χ0) is 17.6. The maximum atomic E-state index is 12.4. The number of carbonyl (C=O) groups is 3. The third-order valence-corrected chi connectivity index (χ3v) is 4.53. The summed E-state index contributed by atoms with van der Waals surface area (Å²) in [5.41, 5.74) is -0.829. The summed E-state index contributed by atoms with van der Waals surface area (Å²) in [6, 6.07) is 0. The number of amides is 1. The minimum atomic E-state index is -0.829. The summed E-state index contributed by atoms with van der Waals surface area (Å²) in [7, 11) is 0. The van der Waals surface area contributed by atoms with E-state index in [1.54, 1.807) is 18.7 Å². The molecular formula is C16H26N2O6. The van der Waals surface area contributed by atoms with Gasteiger partial charge in [-0.3, -0.25) is 19.4 Å². The van der Waals surface area contributed by atoms with Gasteiger partial charge in [0, 0.05) is 13.1 Å². The van der Waals surface area contributed by atoms with Crippen molar-refractivity contribution in [3.05, 3.63) is 0 Å². The van der Waals surface area contributed by atoms with Gasteiger partial charge in [0.25, 0.3) is 0 Å². The first-order valence-electron chi connectivity index (χ1n) is 8.47. The van der Waals surface area contributed by atoms with Crippen molar-refractivity contribution in [3.63, 3.8) is 0 Å². The van der Waals surface area contributed by atoms with Gasteiger partial charge < -0.3 is 14.2 Å². The minimum absolute atomic E-state index is 0.0409. The lowest BCUT2D eigenvalue weighted by molar-refractivity contribution is -0.166. The van der Waals surface area contributed by atoms with E-state index in [9.17, 15) is 14.4 Å². The van der Waals surface area contributed by atoms with Gasteiger partial charge in [-0.25, -0.2) is 4.79 Å². The number of rotatable bonds is 7. The molecule has 8 nitrogen and oxygen atoms in total. The van der Waals surface area contributed by atoms with Crippen LogP contribution >= 0.6 is 0 Å². The molecule has 2 heterocycles. The highest BCUT2D eigenvalue weighted by Gasteiger charge is 2.45. The summed E-state index contributed by atoms with van der Waals surface area (Å²) in [6.45, 7) is 6.79. The fraction of sp³-hybridized carbons (Fsp3) is 0.812. The second-order valence-electron chi connectivity index (χ2n) is 6.12. The predicted molar refractivity (Wildman–Crippen MR) is 84.0 cm³/mol. The highest BCUT2D eigenvalue weighted by atomic mass is 16.6. The molecule has 0 aromatic carbocycles. The summed E-state index contributed by atoms with van der Waals surface area (Å²) in [6.07, 6.45) is 0.754. The van der Waals surface area contributed by atoms with E-state index in [1.807, 2.05) is 0 Å². The highest BCUT2D eigenvalue weighted by molar-refractivity contribution is 5.83. The fourth-order valence-corrected chi connectivity index (χ4v) is 3.14. The standard InChI is InChI=1S/C16H26N2O6/c1-3-22-13(19)11-16(14(20)23-4-2)5-7-17(8-6-16)12-18-9-10-24-15(18)21/h3-12H2,1-2H3. The molecule has 0 atom stereocenters. The van der Waals surface area contributed by atoms with Crippen molar-refractivity contribution < 1.29 is 28.6 Å². The third-order valence-electron chi connectivity index (χ3n) is 4.53. The maximum Gasteiger partial charge on any atom is 0.410 e. The molecule has 8 heteroatoms. The molecule has 0 aromatic heterocycles. The monoisotopic (exact) mass is 342 g/mol. The summed E-state index contributed by atoms with van der Waals surface area (Å²) in [4.78, 5) is 39.6. The van der Waals surface area contributed by atoms with E-state index in [4.69, 9.17) is 14.2 Å². The van der Waals surface area contributed by atoms with Crippen LogP contribution in [0.3, 0.4) is 0 Å². The second-order valence-corrected chi connectivity index (χ2v) is 6.12. The van der Waals surface area contributed by atoms with E-state index in [0.29, 0.717) is 52.4 Å². The molecule has 0 radical (unpaired) electrons. The predicted octanol–water partition coefficient (Wildman–Crippen LogP) is 0.995. The number of carbonyl (C=O) groups excluding carboxylic acids is 3. The number of nitrogens with zero attached hydrogens (tertiary/aromatic N) is 2. The van der Waals surface area contributed by atoms with Gasteiger partial charge in [0.1, 0.15) is 6.61 Å². The number of piperidine rings is 1. The van der Waals surface area contributed by atoms with Gasteiger partial charge in [-0.2, -0.15) is 0 Å². The van der Waals surface area contributed by atoms with Crippen molar-refractivity contribution in [2.75, 3.05) is 46.1 Å². The molecule has 24 heavy (non-hydrogen) atoms. The number of likely N-dealkylation sites (tertiary alicyclic amines) is 1. The summed E-state index contributed by atoms with van der Waals surface area (Å²) >= 11 is 0. The number of hydrogen-bond donors (Lipinski definition) is 0. The SMILES string of the molecule is CCOC(=O)CC1(C(=O)OCC)CCN(CN2CCOC2=O)CC1. The Bertz CT molecular complexity index is 473. The Morgan fingerprint density at radius 1 is 1.12 bits per heavy atom. The molecule has 2 saturated heterocycles. The fourth-order valence-electron chi connectivity index (χ4n) is 3.14. The Kier molecular flexibility index (Phi) is 6.42. The Morgan fingerprint density at radius 3 is 2.33 bits per heavy atom. The van der Waals surface area contributed by atoms with Crippen molar-refractivity contribution in [3.8, 4) is 0 Å². The average molecular weight is 342 g/mol. The molecule has 0 unspecified atom stereocenters. The quantitative estimate of drug-likeness (QED) is 0.504. The smallest absolute Gasteiger partial charge is 0.410 e. The van der Waals surface area contributed by atoms with Crippen molar-refractivity contribution in [1.82, 2.24) is 9.80 Å². The van der Waals surface area contributed by atoms with Gasteiger partial charge in [0.2, 0.25) is 0 Å². The van der Waals surface area contributed by atoms with E-state index >= 15 is 0 Å². The van der Waals surface area contributed by atoms with Crippen LogP contribution in [0.1, 0.15) is 33.1 Å². The van der Waals surface area contributed by atoms with Crippen LogP contribution < -0.4 is 0 Å². The number of cyclic esters (lactones) is 1. The van der Waals surface area contributed by atoms with E-state index in [-0.39, 0.29) is 31.1 Å². The molecule has 2 aliphatic rings. The summed E-state index contributed by atoms with van der Waals surface area (Å²) < 4.78 is 15.1. The van der Waals surface area contributed by atoms with Crippen molar-refractivity contribution in [2.24, 2.45) is 5.41 Å². The lowest BCUT2D eigenvalue weighted by atomic mass is 9.75. The third kappa shape index (κ3) is 4.37. The molecule has 1 amide bonds. The van der Waals surface area contributed by atoms with E-state index in [2.05, 4.69) is 4.90 Å². The molecule has 0 aromatic rings. The van der Waals surface area contributed by atoms with E-state index in [1.165, 1.54) is 0 Å². The molecule has 0 bridgehead atoms. The highest BCUT2D eigenvalue weighted by Crippen LogP contribution is 2.37. The zero-order valence-electron chi connectivity index (χ0n) is 14.4. The zero-order valence-corrected chi connectivity index (χ0v) is 14.4. The first-order chi connectivity index (χ1) is 11.5. The van der Waals surface area contributed by atoms with Crippen LogP contribution in [0, 0.1) is 5.41 Å². The van der Waals surface area contributed by atoms with Crippen LogP contribution in [0.25, 0.3) is 0 Å². The van der Waals surface area contributed by atoms with Gasteiger partial charge in [0.05, 0.1) is 38.3 Å². The molecule has 136 valence electrons. The topological polar surface area (TPSA) is 85.4 Å². The molecule has 0 aliphatic carbocycles. The van der Waals surface area contributed by atoms with Gasteiger partial charge in [-0.05, 0) is 26.7 Å². The molecule has 2 fully saturated rings. The molecular weight excluding hydrogens is 316 g/mol. The number of ether oxygens (including phenoxy) is 3. The van der Waals surface area contributed by atoms with Crippen LogP contribution in [-0.2, 0) is 23.8 Å². The largest absolute Gasteiger partial charge is 0.466 e. The first-order valence-corrected chi connectivity index (χ1v) is 8.47. The van der Waals surface area contributed by atoms with Gasteiger partial charge in [-0.1, -0.05) is 0 Å². The van der Waals surface area contributed by atoms with Crippen LogP contribution in [0.2, 0.25) is 0 Å².